The van der Waals surface area contributed by atoms with E-state index >= 15 is 0 Å². The number of carbonyl (C=O) groups excluding carboxylic acids is 1. The molecule has 1 aromatic rings. The number of benzene rings is 1. The highest BCUT2D eigenvalue weighted by atomic mass is 16.6. The van der Waals surface area contributed by atoms with Crippen LogP contribution in [0.3, 0.4) is 0 Å². The maximum absolute atomic E-state index is 11.6. The smallest absolute Gasteiger partial charge is 0.347 e. The maximum atomic E-state index is 11.6. The van der Waals surface area contributed by atoms with E-state index in [1.165, 1.54) is 0 Å². The molecular weight excluding hydrogens is 240 g/mol. The standard InChI is InChI=1S/C16H24O3/c1-7-18-15(17)12(3)19-14-10-11(2)8-9-13(14)16(4,5)6/h8-10,12H,7H2,1-6H3. The Morgan fingerprint density at radius 1 is 1.32 bits per heavy atom. The van der Waals surface area contributed by atoms with Crippen LogP contribution in [0.4, 0.5) is 0 Å². The average molecular weight is 264 g/mol. The van der Waals surface area contributed by atoms with E-state index in [-0.39, 0.29) is 11.4 Å². The van der Waals surface area contributed by atoms with Crippen LogP contribution < -0.4 is 4.74 Å². The van der Waals surface area contributed by atoms with Crippen LogP contribution in [0.1, 0.15) is 45.7 Å². The molecule has 0 N–H and O–H groups in total. The van der Waals surface area contributed by atoms with Crippen molar-refractivity contribution in [3.63, 3.8) is 0 Å². The number of hydrogen-bond donors (Lipinski definition) is 0. The van der Waals surface area contributed by atoms with Gasteiger partial charge in [0.25, 0.3) is 0 Å². The Morgan fingerprint density at radius 3 is 2.47 bits per heavy atom. The number of aryl methyl sites for hydroxylation is 1. The van der Waals surface area contributed by atoms with Gasteiger partial charge in [0.1, 0.15) is 5.75 Å². The first-order valence-electron chi connectivity index (χ1n) is 6.70. The lowest BCUT2D eigenvalue weighted by molar-refractivity contribution is -0.150. The number of hydrogen-bond acceptors (Lipinski definition) is 3. The average Bonchev–Trinajstić information content (AvgIpc) is 2.27. The monoisotopic (exact) mass is 264 g/mol. The van der Waals surface area contributed by atoms with Gasteiger partial charge in [-0.05, 0) is 43.4 Å². The zero-order valence-electron chi connectivity index (χ0n) is 12.7. The van der Waals surface area contributed by atoms with Gasteiger partial charge >= 0.3 is 5.97 Å². The molecule has 0 amide bonds. The first kappa shape index (κ1) is 15.5. The van der Waals surface area contributed by atoms with E-state index in [0.717, 1.165) is 16.9 Å². The molecule has 1 atom stereocenters. The highest BCUT2D eigenvalue weighted by Gasteiger charge is 2.22. The molecule has 0 aliphatic carbocycles. The molecule has 106 valence electrons. The summed E-state index contributed by atoms with van der Waals surface area (Å²) in [4.78, 5) is 11.6. The van der Waals surface area contributed by atoms with Crippen molar-refractivity contribution in [2.75, 3.05) is 6.61 Å². The lowest BCUT2D eigenvalue weighted by Crippen LogP contribution is -2.27. The molecule has 0 aromatic heterocycles. The van der Waals surface area contributed by atoms with E-state index in [1.54, 1.807) is 13.8 Å². The van der Waals surface area contributed by atoms with Gasteiger partial charge < -0.3 is 9.47 Å². The molecule has 3 heteroatoms. The molecule has 0 radical (unpaired) electrons. The second kappa shape index (κ2) is 6.09. The van der Waals surface area contributed by atoms with Crippen LogP contribution >= 0.6 is 0 Å². The van der Waals surface area contributed by atoms with Gasteiger partial charge in [-0.3, -0.25) is 0 Å². The summed E-state index contributed by atoms with van der Waals surface area (Å²) in [5, 5.41) is 0. The first-order valence-corrected chi connectivity index (χ1v) is 6.70. The van der Waals surface area contributed by atoms with Crippen LogP contribution in [0, 0.1) is 6.92 Å². The molecule has 0 aliphatic rings. The summed E-state index contributed by atoms with van der Waals surface area (Å²) < 4.78 is 10.8. The van der Waals surface area contributed by atoms with Crippen molar-refractivity contribution >= 4 is 5.97 Å². The van der Waals surface area contributed by atoms with Crippen LogP contribution in [0.25, 0.3) is 0 Å². The van der Waals surface area contributed by atoms with E-state index in [1.807, 2.05) is 13.0 Å². The van der Waals surface area contributed by atoms with Gasteiger partial charge in [0.2, 0.25) is 0 Å². The fourth-order valence-electron chi connectivity index (χ4n) is 1.84. The Labute approximate surface area is 115 Å². The van der Waals surface area contributed by atoms with Crippen LogP contribution in [0.2, 0.25) is 0 Å². The van der Waals surface area contributed by atoms with Crippen molar-refractivity contribution in [1.29, 1.82) is 0 Å². The summed E-state index contributed by atoms with van der Waals surface area (Å²) in [6, 6.07) is 6.08. The third-order valence-electron chi connectivity index (χ3n) is 2.87. The van der Waals surface area contributed by atoms with Crippen LogP contribution in [0.5, 0.6) is 5.75 Å². The Balaban J connectivity index is 2.99. The molecule has 3 nitrogen and oxygen atoms in total. The second-order valence-corrected chi connectivity index (χ2v) is 5.76. The predicted octanol–water partition coefficient (Wildman–Crippen LogP) is 3.62. The molecule has 0 fully saturated rings. The Kier molecular flexibility index (Phi) is 4.98. The Hall–Kier alpha value is -1.51. The van der Waals surface area contributed by atoms with Crippen molar-refractivity contribution in [3.8, 4) is 5.75 Å². The molecule has 0 heterocycles. The molecule has 0 saturated heterocycles. The summed E-state index contributed by atoms with van der Waals surface area (Å²) >= 11 is 0. The Bertz CT molecular complexity index is 444. The zero-order chi connectivity index (χ0) is 14.6. The number of carbonyl (C=O) groups is 1. The molecule has 19 heavy (non-hydrogen) atoms. The van der Waals surface area contributed by atoms with Crippen molar-refractivity contribution in [2.24, 2.45) is 0 Å². The minimum absolute atomic E-state index is 0.0303. The summed E-state index contributed by atoms with van der Waals surface area (Å²) in [7, 11) is 0. The molecular formula is C16H24O3. The van der Waals surface area contributed by atoms with E-state index < -0.39 is 6.10 Å². The number of esters is 1. The van der Waals surface area contributed by atoms with E-state index in [9.17, 15) is 4.79 Å². The topological polar surface area (TPSA) is 35.5 Å². The van der Waals surface area contributed by atoms with Gasteiger partial charge in [-0.1, -0.05) is 32.9 Å². The van der Waals surface area contributed by atoms with Gasteiger partial charge in [-0.2, -0.15) is 0 Å². The van der Waals surface area contributed by atoms with Gasteiger partial charge in [0, 0.05) is 0 Å². The summed E-state index contributed by atoms with van der Waals surface area (Å²) in [6.45, 7) is 12.3. The maximum Gasteiger partial charge on any atom is 0.347 e. The van der Waals surface area contributed by atoms with Gasteiger partial charge in [-0.25, -0.2) is 4.79 Å². The zero-order valence-corrected chi connectivity index (χ0v) is 12.7. The minimum atomic E-state index is -0.595. The molecule has 1 aromatic carbocycles. The Morgan fingerprint density at radius 2 is 1.95 bits per heavy atom. The predicted molar refractivity (Wildman–Crippen MR) is 76.6 cm³/mol. The summed E-state index contributed by atoms with van der Waals surface area (Å²) in [6.07, 6.45) is -0.595. The molecule has 1 unspecified atom stereocenters. The summed E-state index contributed by atoms with van der Waals surface area (Å²) in [5.74, 6) is 0.428. The quantitative estimate of drug-likeness (QED) is 0.779. The summed E-state index contributed by atoms with van der Waals surface area (Å²) in [5.41, 5.74) is 2.17. The number of rotatable bonds is 4. The van der Waals surface area contributed by atoms with Crippen LogP contribution in [-0.2, 0) is 14.9 Å². The van der Waals surface area contributed by atoms with Crippen molar-refractivity contribution in [2.45, 2.75) is 53.1 Å². The van der Waals surface area contributed by atoms with E-state index in [0.29, 0.717) is 6.61 Å². The SMILES string of the molecule is CCOC(=O)C(C)Oc1cc(C)ccc1C(C)(C)C. The van der Waals surface area contributed by atoms with Crippen LogP contribution in [-0.4, -0.2) is 18.7 Å². The lowest BCUT2D eigenvalue weighted by atomic mass is 9.86. The van der Waals surface area contributed by atoms with Crippen LogP contribution in [0.15, 0.2) is 18.2 Å². The highest BCUT2D eigenvalue weighted by Crippen LogP contribution is 2.32. The van der Waals surface area contributed by atoms with Crippen molar-refractivity contribution in [1.82, 2.24) is 0 Å². The third-order valence-corrected chi connectivity index (χ3v) is 2.87. The normalized spacial score (nSPS) is 12.9. The van der Waals surface area contributed by atoms with Crippen molar-refractivity contribution in [3.05, 3.63) is 29.3 Å². The molecule has 0 saturated carbocycles. The van der Waals surface area contributed by atoms with Crippen molar-refractivity contribution < 1.29 is 14.3 Å². The highest BCUT2D eigenvalue weighted by molar-refractivity contribution is 5.74. The van der Waals surface area contributed by atoms with Gasteiger partial charge in [-0.15, -0.1) is 0 Å². The molecule has 0 spiro atoms. The largest absolute Gasteiger partial charge is 0.479 e. The molecule has 0 aliphatic heterocycles. The molecule has 1 rings (SSSR count). The number of ether oxygens (including phenoxy) is 2. The van der Waals surface area contributed by atoms with E-state index in [4.69, 9.17) is 9.47 Å². The van der Waals surface area contributed by atoms with E-state index in [2.05, 4.69) is 32.9 Å². The van der Waals surface area contributed by atoms with Gasteiger partial charge in [0.15, 0.2) is 6.10 Å². The first-order chi connectivity index (χ1) is 8.75. The fraction of sp³-hybridized carbons (Fsp3) is 0.562. The second-order valence-electron chi connectivity index (χ2n) is 5.76. The molecule has 0 bridgehead atoms. The fourth-order valence-corrected chi connectivity index (χ4v) is 1.84. The third kappa shape index (κ3) is 4.27. The minimum Gasteiger partial charge on any atom is -0.479 e. The lowest BCUT2D eigenvalue weighted by Gasteiger charge is -2.24. The van der Waals surface area contributed by atoms with Gasteiger partial charge in [0.05, 0.1) is 6.61 Å².